The fourth-order valence-corrected chi connectivity index (χ4v) is 4.38. The number of imide groups is 2. The lowest BCUT2D eigenvalue weighted by Crippen LogP contribution is -2.54. The first-order valence-corrected chi connectivity index (χ1v) is 11.8. The van der Waals surface area contributed by atoms with Crippen LogP contribution in [0.15, 0.2) is 84.6 Å². The Morgan fingerprint density at radius 2 is 1.67 bits per heavy atom. The molecule has 1 fully saturated rings. The van der Waals surface area contributed by atoms with E-state index in [4.69, 9.17) is 16.3 Å². The van der Waals surface area contributed by atoms with Crippen LogP contribution in [0.4, 0.5) is 10.5 Å². The number of nitrogens with zero attached hydrogens (tertiary/aromatic N) is 2. The SMILES string of the molecule is CCOc1ccccc1N1C(=O)NC(=O)/C(=C\c2cn(Cc3ccc(Cl)cc3)c3ccccc23)C1=O. The molecule has 0 atom stereocenters. The van der Waals surface area contributed by atoms with Gasteiger partial charge in [0.1, 0.15) is 11.3 Å². The van der Waals surface area contributed by atoms with Crippen LogP contribution in [0.25, 0.3) is 17.0 Å². The molecule has 1 aliphatic heterocycles. The molecule has 180 valence electrons. The Morgan fingerprint density at radius 3 is 2.44 bits per heavy atom. The van der Waals surface area contributed by atoms with Crippen LogP contribution >= 0.6 is 11.6 Å². The molecule has 1 N–H and O–H groups in total. The number of amides is 4. The number of carbonyl (C=O) groups excluding carboxylic acids is 3. The van der Waals surface area contributed by atoms with E-state index in [0.717, 1.165) is 21.4 Å². The Morgan fingerprint density at radius 1 is 0.944 bits per heavy atom. The van der Waals surface area contributed by atoms with E-state index in [9.17, 15) is 14.4 Å². The van der Waals surface area contributed by atoms with E-state index in [1.807, 2.05) is 66.2 Å². The third-order valence-corrected chi connectivity index (χ3v) is 6.15. The fraction of sp³-hybridized carbons (Fsp3) is 0.107. The monoisotopic (exact) mass is 499 g/mol. The molecule has 36 heavy (non-hydrogen) atoms. The topological polar surface area (TPSA) is 80.6 Å². The van der Waals surface area contributed by atoms with Crippen molar-refractivity contribution in [3.8, 4) is 5.75 Å². The molecule has 1 aromatic heterocycles. The summed E-state index contributed by atoms with van der Waals surface area (Å²) < 4.78 is 7.65. The number of hydrogen-bond donors (Lipinski definition) is 1. The van der Waals surface area contributed by atoms with E-state index in [0.29, 0.717) is 29.5 Å². The van der Waals surface area contributed by atoms with Gasteiger partial charge in [0.25, 0.3) is 11.8 Å². The van der Waals surface area contributed by atoms with Crippen LogP contribution in [0.3, 0.4) is 0 Å². The highest BCUT2D eigenvalue weighted by atomic mass is 35.5. The molecular weight excluding hydrogens is 478 g/mol. The average Bonchev–Trinajstić information content (AvgIpc) is 3.21. The molecular formula is C28H22ClN3O4. The molecule has 0 radical (unpaired) electrons. The standard InChI is InChI=1S/C28H22ClN3O4/c1-2-36-25-10-6-5-9-24(25)32-27(34)22(26(33)30-28(32)35)15-19-17-31(23-8-4-3-7-21(19)23)16-18-11-13-20(29)14-12-18/h3-15,17H,2,16H2,1H3,(H,30,33,35)/b22-15+. The Bertz CT molecular complexity index is 1520. The first kappa shape index (κ1) is 23.4. The summed E-state index contributed by atoms with van der Waals surface area (Å²) in [5.74, 6) is -1.09. The number of rotatable bonds is 6. The van der Waals surface area contributed by atoms with Crippen molar-refractivity contribution in [3.63, 3.8) is 0 Å². The number of ether oxygens (including phenoxy) is 1. The second-order valence-electron chi connectivity index (χ2n) is 8.21. The van der Waals surface area contributed by atoms with Crippen LogP contribution < -0.4 is 15.0 Å². The maximum Gasteiger partial charge on any atom is 0.336 e. The maximum atomic E-state index is 13.5. The van der Waals surface area contributed by atoms with Crippen LogP contribution in [0.5, 0.6) is 5.75 Å². The molecule has 0 spiro atoms. The third kappa shape index (κ3) is 4.36. The molecule has 0 saturated carbocycles. The van der Waals surface area contributed by atoms with Gasteiger partial charge in [-0.15, -0.1) is 0 Å². The summed E-state index contributed by atoms with van der Waals surface area (Å²) in [5, 5.41) is 3.82. The molecule has 2 heterocycles. The van der Waals surface area contributed by atoms with Gasteiger partial charge in [-0.05, 0) is 48.9 Å². The molecule has 4 aromatic rings. The number of benzene rings is 3. The summed E-state index contributed by atoms with van der Waals surface area (Å²) in [5.41, 5.74) is 2.80. The Kier molecular flexibility index (Phi) is 6.31. The van der Waals surface area contributed by atoms with Crippen molar-refractivity contribution in [3.05, 3.63) is 101 Å². The number of nitrogens with one attached hydrogen (secondary N) is 1. The fourth-order valence-electron chi connectivity index (χ4n) is 4.26. The van der Waals surface area contributed by atoms with Gasteiger partial charge in [0.05, 0.1) is 12.3 Å². The normalized spacial score (nSPS) is 15.0. The Labute approximate surface area is 212 Å². The van der Waals surface area contributed by atoms with Crippen LogP contribution in [0.2, 0.25) is 5.02 Å². The zero-order chi connectivity index (χ0) is 25.2. The maximum absolute atomic E-state index is 13.5. The highest BCUT2D eigenvalue weighted by molar-refractivity contribution is 6.39. The van der Waals surface area contributed by atoms with Crippen molar-refractivity contribution in [1.82, 2.24) is 9.88 Å². The quantitative estimate of drug-likeness (QED) is 0.284. The molecule has 4 amide bonds. The van der Waals surface area contributed by atoms with E-state index in [-0.39, 0.29) is 11.3 Å². The average molecular weight is 500 g/mol. The largest absolute Gasteiger partial charge is 0.492 e. The zero-order valence-corrected chi connectivity index (χ0v) is 20.2. The van der Waals surface area contributed by atoms with E-state index in [1.54, 1.807) is 24.3 Å². The van der Waals surface area contributed by atoms with Gasteiger partial charge in [-0.3, -0.25) is 14.9 Å². The lowest BCUT2D eigenvalue weighted by Gasteiger charge is -2.27. The number of urea groups is 1. The smallest absolute Gasteiger partial charge is 0.336 e. The molecule has 3 aromatic carbocycles. The molecule has 0 aliphatic carbocycles. The summed E-state index contributed by atoms with van der Waals surface area (Å²) in [6.07, 6.45) is 3.42. The van der Waals surface area contributed by atoms with Gasteiger partial charge >= 0.3 is 6.03 Å². The van der Waals surface area contributed by atoms with Crippen molar-refractivity contribution in [1.29, 1.82) is 0 Å². The second kappa shape index (κ2) is 9.71. The molecule has 1 aliphatic rings. The van der Waals surface area contributed by atoms with E-state index >= 15 is 0 Å². The van der Waals surface area contributed by atoms with Crippen molar-refractivity contribution in [2.24, 2.45) is 0 Å². The molecule has 0 unspecified atom stereocenters. The Balaban J connectivity index is 1.56. The van der Waals surface area contributed by atoms with Crippen molar-refractivity contribution < 1.29 is 19.1 Å². The number of barbiturate groups is 1. The van der Waals surface area contributed by atoms with Gasteiger partial charge in [0, 0.05) is 34.2 Å². The molecule has 1 saturated heterocycles. The Hall–Kier alpha value is -4.36. The van der Waals surface area contributed by atoms with E-state index in [1.165, 1.54) is 6.08 Å². The summed E-state index contributed by atoms with van der Waals surface area (Å²) in [7, 11) is 0. The highest BCUT2D eigenvalue weighted by Gasteiger charge is 2.38. The minimum atomic E-state index is -0.820. The third-order valence-electron chi connectivity index (χ3n) is 5.89. The van der Waals surface area contributed by atoms with Crippen LogP contribution in [-0.2, 0) is 16.1 Å². The van der Waals surface area contributed by atoms with Crippen LogP contribution in [-0.4, -0.2) is 29.0 Å². The van der Waals surface area contributed by atoms with Gasteiger partial charge in [-0.25, -0.2) is 9.69 Å². The molecule has 7 nitrogen and oxygen atoms in total. The van der Waals surface area contributed by atoms with Gasteiger partial charge in [-0.2, -0.15) is 0 Å². The number of hydrogen-bond acceptors (Lipinski definition) is 4. The summed E-state index contributed by atoms with van der Waals surface area (Å²) >= 11 is 6.02. The number of halogens is 1. The number of para-hydroxylation sites is 3. The van der Waals surface area contributed by atoms with Crippen molar-refractivity contribution in [2.45, 2.75) is 13.5 Å². The molecule has 0 bridgehead atoms. The minimum Gasteiger partial charge on any atom is -0.492 e. The lowest BCUT2D eigenvalue weighted by atomic mass is 10.1. The van der Waals surface area contributed by atoms with Crippen molar-refractivity contribution >= 4 is 52.1 Å². The van der Waals surface area contributed by atoms with E-state index < -0.39 is 17.8 Å². The second-order valence-corrected chi connectivity index (χ2v) is 8.65. The summed E-state index contributed by atoms with van der Waals surface area (Å²) in [4.78, 5) is 39.9. The first-order valence-electron chi connectivity index (χ1n) is 11.4. The lowest BCUT2D eigenvalue weighted by molar-refractivity contribution is -0.122. The molecule has 8 heteroatoms. The minimum absolute atomic E-state index is 0.143. The number of carbonyl (C=O) groups is 3. The van der Waals surface area contributed by atoms with Crippen LogP contribution in [0.1, 0.15) is 18.1 Å². The molecule has 5 rings (SSSR count). The number of anilines is 1. The van der Waals surface area contributed by atoms with Gasteiger partial charge in [0.15, 0.2) is 0 Å². The summed E-state index contributed by atoms with van der Waals surface area (Å²) in [6.45, 7) is 2.74. The number of fused-ring (bicyclic) bond motifs is 1. The van der Waals surface area contributed by atoms with Gasteiger partial charge in [0.2, 0.25) is 0 Å². The van der Waals surface area contributed by atoms with Crippen LogP contribution in [0, 0.1) is 0 Å². The van der Waals surface area contributed by atoms with Gasteiger partial charge in [-0.1, -0.05) is 54.1 Å². The zero-order valence-electron chi connectivity index (χ0n) is 19.4. The van der Waals surface area contributed by atoms with Crippen molar-refractivity contribution in [2.75, 3.05) is 11.5 Å². The number of aromatic nitrogens is 1. The van der Waals surface area contributed by atoms with E-state index in [2.05, 4.69) is 5.32 Å². The highest BCUT2D eigenvalue weighted by Crippen LogP contribution is 2.32. The first-order chi connectivity index (χ1) is 17.5. The predicted octanol–water partition coefficient (Wildman–Crippen LogP) is 5.41. The van der Waals surface area contributed by atoms with Gasteiger partial charge < -0.3 is 9.30 Å². The summed E-state index contributed by atoms with van der Waals surface area (Å²) in [6, 6.07) is 21.2. The predicted molar refractivity (Wildman–Crippen MR) is 139 cm³/mol.